The Bertz CT molecular complexity index is 1440. The lowest BCUT2D eigenvalue weighted by Crippen LogP contribution is -2.13. The van der Waals surface area contributed by atoms with Gasteiger partial charge in [0.2, 0.25) is 0 Å². The molecule has 0 aliphatic rings. The number of sulfonamides is 1. The first-order valence-electron chi connectivity index (χ1n) is 11.6. The predicted molar refractivity (Wildman–Crippen MR) is 135 cm³/mol. The predicted octanol–water partition coefficient (Wildman–Crippen LogP) is 6.60. The Labute approximate surface area is 200 Å². The minimum Gasteiger partial charge on any atom is -0.462 e. The van der Waals surface area contributed by atoms with Crippen LogP contribution in [0.4, 0.5) is 5.69 Å². The minimum absolute atomic E-state index is 0.174. The number of aryl methyl sites for hydroxylation is 2. The molecule has 0 aliphatic heterocycles. The average Bonchev–Trinajstić information content (AvgIpc) is 3.17. The number of furan rings is 1. The van der Waals surface area contributed by atoms with Gasteiger partial charge in [-0.3, -0.25) is 4.72 Å². The third-order valence-corrected chi connectivity index (χ3v) is 7.32. The summed E-state index contributed by atoms with van der Waals surface area (Å²) < 4.78 is 40.5. The quantitative estimate of drug-likeness (QED) is 0.216. The molecule has 0 amide bonds. The first kappa shape index (κ1) is 23.8. The van der Waals surface area contributed by atoms with Crippen LogP contribution in [0.2, 0.25) is 0 Å². The Morgan fingerprint density at radius 1 is 0.971 bits per heavy atom. The second-order valence-electron chi connectivity index (χ2n) is 8.33. The number of anilines is 1. The molecule has 0 aliphatic carbocycles. The number of benzene rings is 3. The van der Waals surface area contributed by atoms with Gasteiger partial charge in [0.05, 0.1) is 17.2 Å². The largest absolute Gasteiger partial charge is 0.462 e. The molecule has 1 N–H and O–H groups in total. The van der Waals surface area contributed by atoms with E-state index >= 15 is 0 Å². The summed E-state index contributed by atoms with van der Waals surface area (Å²) in [6.07, 6.45) is 3.63. The van der Waals surface area contributed by atoms with Crippen molar-refractivity contribution in [3.05, 3.63) is 71.5 Å². The Kier molecular flexibility index (Phi) is 6.93. The molecule has 0 saturated heterocycles. The molecule has 0 fully saturated rings. The average molecular weight is 480 g/mol. The summed E-state index contributed by atoms with van der Waals surface area (Å²) >= 11 is 0. The molecule has 3 aromatic carbocycles. The first-order valence-corrected chi connectivity index (χ1v) is 13.1. The molecule has 0 bridgehead atoms. The standard InChI is InChI=1S/C27H29NO5S/c1-4-6-9-16-32-27(29)25-18(3)33-26-22-11-8-7-10-21(22)24(17-23(25)26)28-34(30,31)20-14-12-19(5-2)13-15-20/h7-8,10-15,17,28H,4-6,9,16H2,1-3H3. The van der Waals surface area contributed by atoms with Crippen molar-refractivity contribution in [1.82, 2.24) is 0 Å². The van der Waals surface area contributed by atoms with Gasteiger partial charge in [-0.1, -0.05) is 63.1 Å². The normalized spacial score (nSPS) is 11.7. The number of esters is 1. The number of rotatable bonds is 9. The van der Waals surface area contributed by atoms with E-state index in [1.807, 2.05) is 43.3 Å². The molecule has 0 unspecified atom stereocenters. The maximum Gasteiger partial charge on any atom is 0.342 e. The summed E-state index contributed by atoms with van der Waals surface area (Å²) in [7, 11) is -3.84. The monoisotopic (exact) mass is 479 g/mol. The van der Waals surface area contributed by atoms with E-state index in [0.717, 1.165) is 31.2 Å². The van der Waals surface area contributed by atoms with Gasteiger partial charge in [-0.2, -0.15) is 0 Å². The smallest absolute Gasteiger partial charge is 0.342 e. The number of fused-ring (bicyclic) bond motifs is 3. The summed E-state index contributed by atoms with van der Waals surface area (Å²) in [6, 6.07) is 15.8. The summed E-state index contributed by atoms with van der Waals surface area (Å²) in [5.74, 6) is -0.0256. The molecular weight excluding hydrogens is 450 g/mol. The zero-order valence-corrected chi connectivity index (χ0v) is 20.5. The maximum absolute atomic E-state index is 13.2. The highest BCUT2D eigenvalue weighted by molar-refractivity contribution is 7.92. The third-order valence-electron chi connectivity index (χ3n) is 5.94. The van der Waals surface area contributed by atoms with Crippen molar-refractivity contribution in [3.8, 4) is 0 Å². The maximum atomic E-state index is 13.2. The van der Waals surface area contributed by atoms with Crippen LogP contribution in [0.25, 0.3) is 21.7 Å². The van der Waals surface area contributed by atoms with Gasteiger partial charge in [0.1, 0.15) is 16.9 Å². The Balaban J connectivity index is 1.79. The van der Waals surface area contributed by atoms with Crippen molar-refractivity contribution in [3.63, 3.8) is 0 Å². The van der Waals surface area contributed by atoms with Gasteiger partial charge < -0.3 is 9.15 Å². The fourth-order valence-corrected chi connectivity index (χ4v) is 5.14. The molecular formula is C27H29NO5S. The van der Waals surface area contributed by atoms with Gasteiger partial charge in [-0.05, 0) is 43.5 Å². The SMILES string of the molecule is CCCCCOC(=O)c1c(C)oc2c1cc(NS(=O)(=O)c1ccc(CC)cc1)c1ccccc12. The number of hydrogen-bond donors (Lipinski definition) is 1. The van der Waals surface area contributed by atoms with Crippen LogP contribution in [0.1, 0.15) is 54.8 Å². The number of carbonyl (C=O) groups excluding carboxylic acids is 1. The molecule has 6 nitrogen and oxygen atoms in total. The van der Waals surface area contributed by atoms with Crippen molar-refractivity contribution >= 4 is 43.4 Å². The molecule has 0 saturated carbocycles. The van der Waals surface area contributed by atoms with Crippen molar-refractivity contribution in [2.45, 2.75) is 51.3 Å². The number of nitrogens with one attached hydrogen (secondary N) is 1. The highest BCUT2D eigenvalue weighted by Gasteiger charge is 2.24. The summed E-state index contributed by atoms with van der Waals surface area (Å²) in [5, 5.41) is 1.92. The van der Waals surface area contributed by atoms with Crippen molar-refractivity contribution in [2.24, 2.45) is 0 Å². The molecule has 4 rings (SSSR count). The number of hydrogen-bond acceptors (Lipinski definition) is 5. The van der Waals surface area contributed by atoms with Crippen LogP contribution in [0.5, 0.6) is 0 Å². The number of carbonyl (C=O) groups is 1. The topological polar surface area (TPSA) is 85.6 Å². The highest BCUT2D eigenvalue weighted by Crippen LogP contribution is 2.37. The second-order valence-corrected chi connectivity index (χ2v) is 10.0. The fraction of sp³-hybridized carbons (Fsp3) is 0.296. The van der Waals surface area contributed by atoms with Gasteiger partial charge >= 0.3 is 5.97 Å². The van der Waals surface area contributed by atoms with E-state index in [0.29, 0.717) is 45.4 Å². The fourth-order valence-electron chi connectivity index (χ4n) is 4.07. The van der Waals surface area contributed by atoms with E-state index in [1.54, 1.807) is 25.1 Å². The van der Waals surface area contributed by atoms with Gasteiger partial charge in [0.25, 0.3) is 10.0 Å². The first-order chi connectivity index (χ1) is 16.4. The number of ether oxygens (including phenoxy) is 1. The summed E-state index contributed by atoms with van der Waals surface area (Å²) in [5.41, 5.74) is 2.29. The van der Waals surface area contributed by atoms with Gasteiger partial charge in [-0.15, -0.1) is 0 Å². The van der Waals surface area contributed by atoms with Gasteiger partial charge in [0.15, 0.2) is 0 Å². The van der Waals surface area contributed by atoms with Crippen LogP contribution < -0.4 is 4.72 Å². The van der Waals surface area contributed by atoms with Crippen LogP contribution in [0, 0.1) is 6.92 Å². The number of unbranched alkanes of at least 4 members (excludes halogenated alkanes) is 2. The lowest BCUT2D eigenvalue weighted by molar-refractivity contribution is 0.0498. The zero-order valence-electron chi connectivity index (χ0n) is 19.7. The van der Waals surface area contributed by atoms with Crippen LogP contribution in [0.3, 0.4) is 0 Å². The molecule has 7 heteroatoms. The third kappa shape index (κ3) is 4.66. The van der Waals surface area contributed by atoms with Crippen molar-refractivity contribution in [2.75, 3.05) is 11.3 Å². The van der Waals surface area contributed by atoms with Crippen molar-refractivity contribution < 1.29 is 22.4 Å². The Morgan fingerprint density at radius 3 is 2.35 bits per heavy atom. The van der Waals surface area contributed by atoms with Crippen molar-refractivity contribution in [1.29, 1.82) is 0 Å². The van der Waals surface area contributed by atoms with Crippen LogP contribution in [0.15, 0.2) is 63.9 Å². The summed E-state index contributed by atoms with van der Waals surface area (Å²) in [4.78, 5) is 13.1. The Morgan fingerprint density at radius 2 is 1.68 bits per heavy atom. The molecule has 1 heterocycles. The van der Waals surface area contributed by atoms with Crippen LogP contribution in [-0.4, -0.2) is 21.0 Å². The van der Waals surface area contributed by atoms with Crippen LogP contribution >= 0.6 is 0 Å². The molecule has 1 aromatic heterocycles. The van der Waals surface area contributed by atoms with E-state index in [2.05, 4.69) is 11.6 Å². The van der Waals surface area contributed by atoms with E-state index in [1.165, 1.54) is 0 Å². The minimum atomic E-state index is -3.84. The highest BCUT2D eigenvalue weighted by atomic mass is 32.2. The van der Waals surface area contributed by atoms with E-state index in [4.69, 9.17) is 9.15 Å². The zero-order chi connectivity index (χ0) is 24.3. The molecule has 4 aromatic rings. The van der Waals surface area contributed by atoms with Crippen LogP contribution in [-0.2, 0) is 21.2 Å². The lowest BCUT2D eigenvalue weighted by Gasteiger charge is -2.12. The van der Waals surface area contributed by atoms with E-state index in [9.17, 15) is 13.2 Å². The van der Waals surface area contributed by atoms with E-state index in [-0.39, 0.29) is 4.90 Å². The van der Waals surface area contributed by atoms with Gasteiger partial charge in [-0.25, -0.2) is 13.2 Å². The molecule has 0 spiro atoms. The Hall–Kier alpha value is -3.32. The molecule has 0 atom stereocenters. The second kappa shape index (κ2) is 9.89. The van der Waals surface area contributed by atoms with E-state index < -0.39 is 16.0 Å². The lowest BCUT2D eigenvalue weighted by atomic mass is 10.0. The van der Waals surface area contributed by atoms with Gasteiger partial charge in [0, 0.05) is 16.2 Å². The summed E-state index contributed by atoms with van der Waals surface area (Å²) in [6.45, 7) is 6.15. The molecule has 34 heavy (non-hydrogen) atoms. The molecule has 178 valence electrons. The molecule has 0 radical (unpaired) electrons.